The van der Waals surface area contributed by atoms with E-state index in [4.69, 9.17) is 10.1 Å². The average molecular weight is 363 g/mol. The Morgan fingerprint density at radius 3 is 2.84 bits per heavy atom. The molecule has 1 aliphatic rings. The van der Waals surface area contributed by atoms with Crippen LogP contribution >= 0.6 is 0 Å². The van der Waals surface area contributed by atoms with E-state index < -0.39 is 23.2 Å². The van der Waals surface area contributed by atoms with Gasteiger partial charge in [-0.25, -0.2) is 4.39 Å². The molecule has 1 aromatic rings. The first-order valence-electron chi connectivity index (χ1n) is 7.71. The van der Waals surface area contributed by atoms with Gasteiger partial charge in [0.1, 0.15) is 17.6 Å². The lowest BCUT2D eigenvalue weighted by molar-refractivity contribution is 0.306. The summed E-state index contributed by atoms with van der Waals surface area (Å²) in [5.41, 5.74) is 1.82. The summed E-state index contributed by atoms with van der Waals surface area (Å²) < 4.78 is 32.8. The monoisotopic (exact) mass is 363 g/mol. The number of nitrogens with zero attached hydrogens (tertiary/aromatic N) is 1. The van der Waals surface area contributed by atoms with Crippen LogP contribution in [0.5, 0.6) is 0 Å². The molecule has 0 aromatic heterocycles. The molecule has 5 nitrogen and oxygen atoms in total. The molecule has 0 radical (unpaired) electrons. The number of rotatable bonds is 5. The Labute approximate surface area is 150 Å². The third kappa shape index (κ3) is 4.43. The number of ether oxygens (including phenoxy) is 1. The predicted molar refractivity (Wildman–Crippen MR) is 99.7 cm³/mol. The highest BCUT2D eigenvalue weighted by molar-refractivity contribution is 7.89. The van der Waals surface area contributed by atoms with Crippen molar-refractivity contribution in [3.8, 4) is 0 Å². The van der Waals surface area contributed by atoms with Crippen LogP contribution in [0.15, 0.2) is 48.8 Å². The number of hydrogen-bond donors (Lipinski definition) is 2. The lowest BCUT2D eigenvalue weighted by Gasteiger charge is -2.33. The highest BCUT2D eigenvalue weighted by atomic mass is 32.2. The van der Waals surface area contributed by atoms with Crippen molar-refractivity contribution in [3.63, 3.8) is 0 Å². The SMILES string of the molecule is C=C(/C=C\C(=C/C)OC)c1ccc(F)c(C2C[S+]([O-])N(C)C(=N)N2)c1. The highest BCUT2D eigenvalue weighted by Gasteiger charge is 2.33. The fourth-order valence-corrected chi connectivity index (χ4v) is 3.42. The molecule has 1 aliphatic heterocycles. The standard InChI is InChI=1S/C18H22FN3O2S/c1-5-14(24-4)8-6-12(2)13-7-9-16(19)15(10-13)17-11-25(23)22(3)18(20)21-17/h5-10,17H,2,11H2,1,3-4H3,(H2,20,21)/b8-6-,14-5+. The van der Waals surface area contributed by atoms with Gasteiger partial charge in [0.2, 0.25) is 5.96 Å². The number of nitrogens with one attached hydrogen (secondary N) is 2. The van der Waals surface area contributed by atoms with E-state index in [2.05, 4.69) is 11.9 Å². The van der Waals surface area contributed by atoms with Gasteiger partial charge in [-0.1, -0.05) is 18.7 Å². The van der Waals surface area contributed by atoms with Gasteiger partial charge in [-0.2, -0.15) is 4.31 Å². The molecule has 7 heteroatoms. The van der Waals surface area contributed by atoms with Crippen molar-refractivity contribution in [3.05, 3.63) is 65.7 Å². The van der Waals surface area contributed by atoms with Gasteiger partial charge >= 0.3 is 0 Å². The minimum atomic E-state index is -1.36. The van der Waals surface area contributed by atoms with Gasteiger partial charge in [-0.05, 0) is 42.3 Å². The van der Waals surface area contributed by atoms with Gasteiger partial charge in [0.05, 0.1) is 25.5 Å². The summed E-state index contributed by atoms with van der Waals surface area (Å²) in [5.74, 6) is 0.507. The molecular weight excluding hydrogens is 341 g/mol. The summed E-state index contributed by atoms with van der Waals surface area (Å²) in [4.78, 5) is 0. The van der Waals surface area contributed by atoms with Gasteiger partial charge in [0, 0.05) is 5.56 Å². The van der Waals surface area contributed by atoms with E-state index in [1.54, 1.807) is 38.4 Å². The van der Waals surface area contributed by atoms with Crippen LogP contribution in [0.4, 0.5) is 4.39 Å². The van der Waals surface area contributed by atoms with Crippen LogP contribution in [0.3, 0.4) is 0 Å². The van der Waals surface area contributed by atoms with Crippen LogP contribution < -0.4 is 5.32 Å². The lowest BCUT2D eigenvalue weighted by Crippen LogP contribution is -2.52. The maximum atomic E-state index is 14.3. The molecule has 1 aromatic carbocycles. The smallest absolute Gasteiger partial charge is 0.234 e. The van der Waals surface area contributed by atoms with E-state index in [1.165, 1.54) is 10.4 Å². The molecule has 1 saturated heterocycles. The quantitative estimate of drug-likeness (QED) is 0.479. The molecule has 0 spiro atoms. The Bertz CT molecular complexity index is 733. The average Bonchev–Trinajstić information content (AvgIpc) is 2.60. The van der Waals surface area contributed by atoms with E-state index in [9.17, 15) is 8.94 Å². The van der Waals surface area contributed by atoms with E-state index >= 15 is 0 Å². The van der Waals surface area contributed by atoms with Gasteiger partial charge < -0.3 is 14.6 Å². The molecule has 25 heavy (non-hydrogen) atoms. The van der Waals surface area contributed by atoms with Crippen molar-refractivity contribution in [2.24, 2.45) is 0 Å². The maximum Gasteiger partial charge on any atom is 0.234 e. The first kappa shape index (κ1) is 19.1. The molecule has 1 fully saturated rings. The Balaban J connectivity index is 2.26. The molecule has 0 amide bonds. The molecule has 0 aliphatic carbocycles. The Kier molecular flexibility index (Phi) is 6.27. The van der Waals surface area contributed by atoms with Crippen molar-refractivity contribution in [1.82, 2.24) is 9.62 Å². The van der Waals surface area contributed by atoms with Crippen molar-refractivity contribution in [2.75, 3.05) is 19.9 Å². The first-order valence-corrected chi connectivity index (χ1v) is 8.99. The van der Waals surface area contributed by atoms with Crippen molar-refractivity contribution >= 4 is 22.9 Å². The third-order valence-electron chi connectivity index (χ3n) is 3.95. The molecule has 2 unspecified atom stereocenters. The third-order valence-corrected chi connectivity index (χ3v) is 5.36. The fourth-order valence-electron chi connectivity index (χ4n) is 2.39. The number of methoxy groups -OCH3 is 1. The number of allylic oxidation sites excluding steroid dienone is 4. The summed E-state index contributed by atoms with van der Waals surface area (Å²) in [5, 5.41) is 10.7. The number of guanidine groups is 1. The molecule has 1 heterocycles. The van der Waals surface area contributed by atoms with Crippen molar-refractivity contribution < 1.29 is 13.7 Å². The van der Waals surface area contributed by atoms with Crippen LogP contribution in [0.25, 0.3) is 5.57 Å². The second-order valence-electron chi connectivity index (χ2n) is 5.52. The Morgan fingerprint density at radius 2 is 2.24 bits per heavy atom. The summed E-state index contributed by atoms with van der Waals surface area (Å²) in [6.07, 6.45) is 5.39. The molecule has 2 N–H and O–H groups in total. The minimum absolute atomic E-state index is 0.0101. The van der Waals surface area contributed by atoms with Gasteiger partial charge in [-0.15, -0.1) is 0 Å². The summed E-state index contributed by atoms with van der Waals surface area (Å²) in [7, 11) is 3.15. The number of halogens is 1. The second kappa shape index (κ2) is 8.22. The number of benzene rings is 1. The molecular formula is C18H22FN3O2S. The van der Waals surface area contributed by atoms with Crippen molar-refractivity contribution in [2.45, 2.75) is 13.0 Å². The largest absolute Gasteiger partial charge is 0.593 e. The molecule has 134 valence electrons. The van der Waals surface area contributed by atoms with Gasteiger partial charge in [-0.3, -0.25) is 5.41 Å². The van der Waals surface area contributed by atoms with Crippen LogP contribution in [0.1, 0.15) is 24.1 Å². The number of hydrogen-bond acceptors (Lipinski definition) is 3. The van der Waals surface area contributed by atoms with Crippen LogP contribution in [-0.2, 0) is 16.1 Å². The summed E-state index contributed by atoms with van der Waals surface area (Å²) in [6.45, 7) is 5.86. The van der Waals surface area contributed by atoms with Crippen molar-refractivity contribution in [1.29, 1.82) is 5.41 Å². The normalized spacial score (nSPS) is 21.4. The predicted octanol–water partition coefficient (Wildman–Crippen LogP) is 3.12. The zero-order chi connectivity index (χ0) is 18.6. The van der Waals surface area contributed by atoms with Gasteiger partial charge in [0.15, 0.2) is 5.75 Å². The maximum absolute atomic E-state index is 14.3. The molecule has 2 rings (SSSR count). The highest BCUT2D eigenvalue weighted by Crippen LogP contribution is 2.27. The Hall–Kier alpha value is -2.25. The zero-order valence-electron chi connectivity index (χ0n) is 14.5. The van der Waals surface area contributed by atoms with Crippen LogP contribution in [0.2, 0.25) is 0 Å². The van der Waals surface area contributed by atoms with E-state index in [0.29, 0.717) is 16.9 Å². The summed E-state index contributed by atoms with van der Waals surface area (Å²) >= 11 is -1.36. The fraction of sp³-hybridized carbons (Fsp3) is 0.278. The second-order valence-corrected chi connectivity index (χ2v) is 7.05. The Morgan fingerprint density at radius 1 is 1.52 bits per heavy atom. The summed E-state index contributed by atoms with van der Waals surface area (Å²) in [6, 6.07) is 4.16. The topological polar surface area (TPSA) is 71.4 Å². The van der Waals surface area contributed by atoms with E-state index in [1.807, 2.05) is 13.0 Å². The minimum Gasteiger partial charge on any atom is -0.593 e. The van der Waals surface area contributed by atoms with E-state index in [-0.39, 0.29) is 11.7 Å². The molecule has 0 saturated carbocycles. The zero-order valence-corrected chi connectivity index (χ0v) is 15.3. The van der Waals surface area contributed by atoms with Gasteiger partial charge in [0.25, 0.3) is 0 Å². The molecule has 0 bridgehead atoms. The van der Waals surface area contributed by atoms with Crippen LogP contribution in [0, 0.1) is 11.2 Å². The van der Waals surface area contributed by atoms with Crippen LogP contribution in [-0.4, -0.2) is 34.7 Å². The molecule has 2 atom stereocenters. The first-order chi connectivity index (χ1) is 11.9. The lowest BCUT2D eigenvalue weighted by atomic mass is 10.00. The van der Waals surface area contributed by atoms with E-state index in [0.717, 1.165) is 5.56 Å².